The summed E-state index contributed by atoms with van der Waals surface area (Å²) in [6.07, 6.45) is 3.12. The number of ketones is 1. The molecule has 0 aliphatic rings. The van der Waals surface area contributed by atoms with E-state index < -0.39 is 0 Å². The van der Waals surface area contributed by atoms with Gasteiger partial charge in [0.15, 0.2) is 17.3 Å². The molecule has 0 aromatic heterocycles. The fourth-order valence-electron chi connectivity index (χ4n) is 2.88. The van der Waals surface area contributed by atoms with Crippen molar-refractivity contribution in [3.8, 4) is 23.0 Å². The van der Waals surface area contributed by atoms with Crippen LogP contribution in [0.1, 0.15) is 21.5 Å². The number of halogens is 3. The molecule has 8 heteroatoms. The number of hydrogen-bond donors (Lipinski definition) is 1. The predicted octanol–water partition coefficient (Wildman–Crippen LogP) is 6.84. The Balaban J connectivity index is 1.78. The third-order valence-corrected chi connectivity index (χ3v) is 5.57. The van der Waals surface area contributed by atoms with Gasteiger partial charge in [0.05, 0.1) is 29.3 Å². The molecule has 3 aromatic rings. The van der Waals surface area contributed by atoms with E-state index in [9.17, 15) is 9.90 Å². The number of carbonyl (C=O) groups excluding carboxylic acids is 1. The lowest BCUT2D eigenvalue weighted by Gasteiger charge is -2.13. The van der Waals surface area contributed by atoms with E-state index in [1.165, 1.54) is 37.5 Å². The van der Waals surface area contributed by atoms with Gasteiger partial charge in [-0.15, -0.1) is 0 Å². The largest absolute Gasteiger partial charge is 0.504 e. The number of aromatic hydroxyl groups is 1. The minimum absolute atomic E-state index is 0.0325. The van der Waals surface area contributed by atoms with Crippen molar-refractivity contribution in [2.24, 2.45) is 0 Å². The molecule has 0 aliphatic carbocycles. The molecule has 0 atom stereocenters. The Morgan fingerprint density at radius 3 is 2.31 bits per heavy atom. The Hall–Kier alpha value is -2.86. The van der Waals surface area contributed by atoms with E-state index in [-0.39, 0.29) is 23.9 Å². The molecule has 3 aromatic carbocycles. The van der Waals surface area contributed by atoms with Crippen molar-refractivity contribution >= 4 is 46.7 Å². The zero-order chi connectivity index (χ0) is 23.3. The van der Waals surface area contributed by atoms with Crippen LogP contribution in [0.2, 0.25) is 15.1 Å². The van der Waals surface area contributed by atoms with Gasteiger partial charge in [0.2, 0.25) is 0 Å². The minimum Gasteiger partial charge on any atom is -0.504 e. The Bertz CT molecular complexity index is 1170. The molecule has 0 saturated heterocycles. The van der Waals surface area contributed by atoms with Gasteiger partial charge in [-0.25, -0.2) is 0 Å². The van der Waals surface area contributed by atoms with Crippen LogP contribution in [0.5, 0.6) is 23.0 Å². The first-order valence-electron chi connectivity index (χ1n) is 9.36. The third-order valence-electron chi connectivity index (χ3n) is 4.55. The Morgan fingerprint density at radius 1 is 0.875 bits per heavy atom. The van der Waals surface area contributed by atoms with E-state index in [4.69, 9.17) is 49.0 Å². The minimum atomic E-state index is -0.237. The number of phenolic OH excluding ortho intramolecular Hbond substituents is 1. The van der Waals surface area contributed by atoms with Crippen molar-refractivity contribution in [1.82, 2.24) is 0 Å². The van der Waals surface area contributed by atoms with Crippen molar-refractivity contribution in [2.45, 2.75) is 6.61 Å². The van der Waals surface area contributed by atoms with Crippen LogP contribution in [0.25, 0.3) is 6.08 Å². The molecule has 0 aliphatic heterocycles. The second kappa shape index (κ2) is 10.6. The highest BCUT2D eigenvalue weighted by molar-refractivity contribution is 6.43. The second-order valence-electron chi connectivity index (χ2n) is 6.64. The zero-order valence-electron chi connectivity index (χ0n) is 17.2. The SMILES string of the molecule is COc1cc(C(=O)/C=C/c2ccc(OC)c(COc3cc(Cl)c(Cl)cc3Cl)c2)ccc1O. The van der Waals surface area contributed by atoms with E-state index in [2.05, 4.69) is 0 Å². The van der Waals surface area contributed by atoms with Crippen LogP contribution in [-0.2, 0) is 6.61 Å². The van der Waals surface area contributed by atoms with Gasteiger partial charge >= 0.3 is 0 Å². The first-order valence-corrected chi connectivity index (χ1v) is 10.5. The summed E-state index contributed by atoms with van der Waals surface area (Å²) in [5.74, 6) is 0.969. The van der Waals surface area contributed by atoms with Crippen molar-refractivity contribution in [3.63, 3.8) is 0 Å². The monoisotopic (exact) mass is 492 g/mol. The van der Waals surface area contributed by atoms with Gasteiger partial charge in [-0.3, -0.25) is 4.79 Å². The van der Waals surface area contributed by atoms with Crippen molar-refractivity contribution in [1.29, 1.82) is 0 Å². The molecule has 0 saturated carbocycles. The number of rotatable bonds is 8. The summed E-state index contributed by atoms with van der Waals surface area (Å²) >= 11 is 18.2. The molecule has 32 heavy (non-hydrogen) atoms. The first-order chi connectivity index (χ1) is 15.3. The highest BCUT2D eigenvalue weighted by Gasteiger charge is 2.11. The van der Waals surface area contributed by atoms with Crippen molar-refractivity contribution in [2.75, 3.05) is 14.2 Å². The summed E-state index contributed by atoms with van der Waals surface area (Å²) in [5.41, 5.74) is 1.90. The molecule has 0 spiro atoms. The summed E-state index contributed by atoms with van der Waals surface area (Å²) in [7, 11) is 2.98. The van der Waals surface area contributed by atoms with Crippen molar-refractivity contribution < 1.29 is 24.1 Å². The lowest BCUT2D eigenvalue weighted by molar-refractivity contribution is 0.104. The quantitative estimate of drug-likeness (QED) is 0.211. The van der Waals surface area contributed by atoms with E-state index in [0.29, 0.717) is 32.1 Å². The molecule has 0 fully saturated rings. The second-order valence-corrected chi connectivity index (χ2v) is 7.86. The normalized spacial score (nSPS) is 10.9. The summed E-state index contributed by atoms with van der Waals surface area (Å²) in [4.78, 5) is 12.5. The lowest BCUT2D eigenvalue weighted by atomic mass is 10.1. The van der Waals surface area contributed by atoms with E-state index in [1.54, 1.807) is 25.3 Å². The fraction of sp³-hybridized carbons (Fsp3) is 0.125. The summed E-state index contributed by atoms with van der Waals surface area (Å²) < 4.78 is 16.3. The van der Waals surface area contributed by atoms with Crippen LogP contribution in [-0.4, -0.2) is 25.1 Å². The average Bonchev–Trinajstić information content (AvgIpc) is 2.79. The molecular formula is C24H19Cl3O5. The number of hydrogen-bond acceptors (Lipinski definition) is 5. The van der Waals surface area contributed by atoms with Gasteiger partial charge in [0.1, 0.15) is 18.1 Å². The van der Waals surface area contributed by atoms with Crippen LogP contribution in [0.3, 0.4) is 0 Å². The van der Waals surface area contributed by atoms with E-state index in [0.717, 1.165) is 11.1 Å². The number of methoxy groups -OCH3 is 2. The lowest BCUT2D eigenvalue weighted by Crippen LogP contribution is -2.00. The summed E-state index contributed by atoms with van der Waals surface area (Å²) in [5, 5.41) is 10.7. The highest BCUT2D eigenvalue weighted by Crippen LogP contribution is 2.35. The Morgan fingerprint density at radius 2 is 1.59 bits per heavy atom. The number of benzene rings is 3. The van der Waals surface area contributed by atoms with Crippen LogP contribution < -0.4 is 14.2 Å². The number of carbonyl (C=O) groups is 1. The van der Waals surface area contributed by atoms with Gasteiger partial charge < -0.3 is 19.3 Å². The Kier molecular flexibility index (Phi) is 7.91. The molecule has 0 radical (unpaired) electrons. The van der Waals surface area contributed by atoms with Crippen LogP contribution >= 0.6 is 34.8 Å². The topological polar surface area (TPSA) is 65.0 Å². The molecule has 0 unspecified atom stereocenters. The van der Waals surface area contributed by atoms with E-state index >= 15 is 0 Å². The average molecular weight is 494 g/mol. The molecule has 1 N–H and O–H groups in total. The zero-order valence-corrected chi connectivity index (χ0v) is 19.5. The van der Waals surface area contributed by atoms with Gasteiger partial charge in [0.25, 0.3) is 0 Å². The standard InChI is InChI=1S/C24H19Cl3O5/c1-30-22-8-4-14(3-6-20(28)15-5-7-21(29)24(10-15)31-2)9-16(22)13-32-23-12-18(26)17(25)11-19(23)27/h3-12,29H,13H2,1-2H3/b6-3+. The van der Waals surface area contributed by atoms with Gasteiger partial charge in [-0.2, -0.15) is 0 Å². The highest BCUT2D eigenvalue weighted by atomic mass is 35.5. The Labute approximate surface area is 200 Å². The summed E-state index contributed by atoms with van der Waals surface area (Å²) in [6, 6.07) is 12.9. The maximum atomic E-state index is 12.5. The molecule has 3 rings (SSSR count). The maximum Gasteiger partial charge on any atom is 0.185 e. The molecule has 0 bridgehead atoms. The molecule has 0 heterocycles. The first kappa shape index (κ1) is 23.8. The van der Waals surface area contributed by atoms with E-state index in [1.807, 2.05) is 12.1 Å². The fourth-order valence-corrected chi connectivity index (χ4v) is 3.48. The smallest absolute Gasteiger partial charge is 0.185 e. The van der Waals surface area contributed by atoms with Crippen LogP contribution in [0.4, 0.5) is 0 Å². The third kappa shape index (κ3) is 5.68. The number of allylic oxidation sites excluding steroid dienone is 1. The van der Waals surface area contributed by atoms with Gasteiger partial charge in [0, 0.05) is 17.2 Å². The molecular weight excluding hydrogens is 475 g/mol. The maximum absolute atomic E-state index is 12.5. The molecule has 5 nitrogen and oxygen atoms in total. The molecule has 166 valence electrons. The number of ether oxygens (including phenoxy) is 3. The van der Waals surface area contributed by atoms with Gasteiger partial charge in [-0.1, -0.05) is 46.9 Å². The van der Waals surface area contributed by atoms with Crippen molar-refractivity contribution in [3.05, 3.63) is 86.4 Å². The predicted molar refractivity (Wildman–Crippen MR) is 127 cm³/mol. The van der Waals surface area contributed by atoms with Gasteiger partial charge in [-0.05, 0) is 48.0 Å². The van der Waals surface area contributed by atoms with Crippen LogP contribution in [0.15, 0.2) is 54.6 Å². The number of phenols is 1. The van der Waals surface area contributed by atoms with Crippen LogP contribution in [0, 0.1) is 0 Å². The molecule has 0 amide bonds. The summed E-state index contributed by atoms with van der Waals surface area (Å²) in [6.45, 7) is 0.158.